The SMILES string of the molecule is CC.Oc1ccc(/C=N/NP)cc1. The van der Waals surface area contributed by atoms with Crippen LogP contribution in [-0.4, -0.2) is 11.3 Å². The van der Waals surface area contributed by atoms with Crippen molar-refractivity contribution >= 4 is 15.6 Å². The number of phenolic OH excluding ortho intramolecular Hbond substituents is 1. The predicted molar refractivity (Wildman–Crippen MR) is 59.9 cm³/mol. The van der Waals surface area contributed by atoms with E-state index >= 15 is 0 Å². The second kappa shape index (κ2) is 7.56. The summed E-state index contributed by atoms with van der Waals surface area (Å²) in [5, 5.41) is 15.3. The normalized spacial score (nSPS) is 9.15. The van der Waals surface area contributed by atoms with E-state index in [2.05, 4.69) is 19.7 Å². The van der Waals surface area contributed by atoms with Crippen molar-refractivity contribution in [3.8, 4) is 5.75 Å². The molecule has 4 heteroatoms. The van der Waals surface area contributed by atoms with Crippen molar-refractivity contribution in [1.82, 2.24) is 5.20 Å². The lowest BCUT2D eigenvalue weighted by Crippen LogP contribution is -1.85. The van der Waals surface area contributed by atoms with Crippen LogP contribution in [0.1, 0.15) is 19.4 Å². The highest BCUT2D eigenvalue weighted by Crippen LogP contribution is 2.07. The molecule has 0 saturated heterocycles. The van der Waals surface area contributed by atoms with Gasteiger partial charge in [-0.15, -0.1) is 0 Å². The number of nitrogens with one attached hydrogen (secondary N) is 1. The zero-order valence-corrected chi connectivity index (χ0v) is 9.01. The standard InChI is InChI=1S/C7H9N2OP.C2H6/c10-7-3-1-6(2-4-7)5-8-9-11;1-2/h1-5,9-10H,11H2;1-2H3/b8-5+;. The fraction of sp³-hybridized carbons (Fsp3) is 0.222. The molecule has 0 amide bonds. The molecule has 1 atom stereocenters. The highest BCUT2D eigenvalue weighted by Gasteiger charge is 1.86. The lowest BCUT2D eigenvalue weighted by Gasteiger charge is -1.92. The Kier molecular flexibility index (Phi) is 6.93. The summed E-state index contributed by atoms with van der Waals surface area (Å²) < 4.78 is 0. The van der Waals surface area contributed by atoms with Gasteiger partial charge in [0.25, 0.3) is 0 Å². The zero-order chi connectivity index (χ0) is 10.1. The van der Waals surface area contributed by atoms with Crippen molar-refractivity contribution in [3.05, 3.63) is 29.8 Å². The Morgan fingerprint density at radius 3 is 2.31 bits per heavy atom. The van der Waals surface area contributed by atoms with Crippen LogP contribution in [0.3, 0.4) is 0 Å². The number of rotatable bonds is 2. The molecule has 0 heterocycles. The van der Waals surface area contributed by atoms with Crippen molar-refractivity contribution < 1.29 is 5.11 Å². The van der Waals surface area contributed by atoms with Crippen LogP contribution in [-0.2, 0) is 0 Å². The van der Waals surface area contributed by atoms with E-state index in [0.717, 1.165) is 5.56 Å². The van der Waals surface area contributed by atoms with Gasteiger partial charge in [0.05, 0.1) is 6.21 Å². The summed E-state index contributed by atoms with van der Waals surface area (Å²) in [4.78, 5) is 0. The van der Waals surface area contributed by atoms with Crippen LogP contribution in [0.4, 0.5) is 0 Å². The summed E-state index contributed by atoms with van der Waals surface area (Å²) in [5.41, 5.74) is 0.942. The minimum absolute atomic E-state index is 0.265. The van der Waals surface area contributed by atoms with Crippen LogP contribution in [0.5, 0.6) is 5.75 Å². The molecule has 3 nitrogen and oxygen atoms in total. The molecule has 1 unspecified atom stereocenters. The summed E-state index contributed by atoms with van der Waals surface area (Å²) in [6, 6.07) is 6.79. The Hall–Kier alpha value is -1.08. The predicted octanol–water partition coefficient (Wildman–Crippen LogP) is 2.13. The highest BCUT2D eigenvalue weighted by molar-refractivity contribution is 7.13. The van der Waals surface area contributed by atoms with Gasteiger partial charge in [-0.2, -0.15) is 5.10 Å². The largest absolute Gasteiger partial charge is 0.508 e. The molecule has 1 rings (SSSR count). The first-order valence-corrected chi connectivity index (χ1v) is 4.68. The highest BCUT2D eigenvalue weighted by atomic mass is 31.0. The Morgan fingerprint density at radius 2 is 1.85 bits per heavy atom. The molecule has 0 fully saturated rings. The van der Waals surface area contributed by atoms with E-state index in [1.165, 1.54) is 0 Å². The Labute approximate surface area is 81.1 Å². The third kappa shape index (κ3) is 5.21. The first-order chi connectivity index (χ1) is 6.33. The molecule has 13 heavy (non-hydrogen) atoms. The van der Waals surface area contributed by atoms with E-state index in [-0.39, 0.29) is 5.75 Å². The summed E-state index contributed by atoms with van der Waals surface area (Å²) in [6.45, 7) is 4.00. The number of hydrogen-bond donors (Lipinski definition) is 2. The molecule has 0 aliphatic heterocycles. The lowest BCUT2D eigenvalue weighted by atomic mass is 10.2. The molecule has 0 bridgehead atoms. The summed E-state index contributed by atoms with van der Waals surface area (Å²) >= 11 is 0. The second-order valence-corrected chi connectivity index (χ2v) is 2.24. The van der Waals surface area contributed by atoms with Gasteiger partial charge in [-0.1, -0.05) is 13.8 Å². The number of nitrogens with zero attached hydrogens (tertiary/aromatic N) is 1. The summed E-state index contributed by atoms with van der Waals surface area (Å²) in [5.74, 6) is 0.265. The topological polar surface area (TPSA) is 44.6 Å². The maximum Gasteiger partial charge on any atom is 0.115 e. The first-order valence-electron chi connectivity index (χ1n) is 4.10. The van der Waals surface area contributed by atoms with Crippen LogP contribution >= 0.6 is 9.39 Å². The molecule has 0 aromatic heterocycles. The molecular weight excluding hydrogens is 183 g/mol. The van der Waals surface area contributed by atoms with Gasteiger partial charge in [-0.25, -0.2) is 0 Å². The molecule has 0 aliphatic rings. The van der Waals surface area contributed by atoms with Gasteiger partial charge in [0, 0.05) is 0 Å². The minimum atomic E-state index is 0.265. The smallest absolute Gasteiger partial charge is 0.115 e. The number of hydrazone groups is 1. The summed E-state index contributed by atoms with van der Waals surface area (Å²) in [7, 11) is 2.26. The monoisotopic (exact) mass is 198 g/mol. The van der Waals surface area contributed by atoms with Gasteiger partial charge in [-0.05, 0) is 39.2 Å². The molecule has 0 spiro atoms. The third-order valence-electron chi connectivity index (χ3n) is 1.18. The quantitative estimate of drug-likeness (QED) is 0.434. The number of aromatic hydroxyl groups is 1. The molecular formula is C9H15N2OP. The van der Waals surface area contributed by atoms with Crippen LogP contribution in [0, 0.1) is 0 Å². The van der Waals surface area contributed by atoms with E-state index in [1.54, 1.807) is 30.5 Å². The van der Waals surface area contributed by atoms with Crippen molar-refractivity contribution in [2.24, 2.45) is 5.10 Å². The van der Waals surface area contributed by atoms with Gasteiger partial charge in [0.2, 0.25) is 0 Å². The average molecular weight is 198 g/mol. The van der Waals surface area contributed by atoms with Crippen LogP contribution < -0.4 is 5.20 Å². The van der Waals surface area contributed by atoms with E-state index < -0.39 is 0 Å². The maximum atomic E-state index is 8.92. The van der Waals surface area contributed by atoms with Crippen LogP contribution in [0.2, 0.25) is 0 Å². The molecule has 1 aromatic carbocycles. The minimum Gasteiger partial charge on any atom is -0.508 e. The van der Waals surface area contributed by atoms with Gasteiger partial charge >= 0.3 is 0 Å². The summed E-state index contributed by atoms with van der Waals surface area (Å²) in [6.07, 6.45) is 1.66. The van der Waals surface area contributed by atoms with Crippen molar-refractivity contribution in [3.63, 3.8) is 0 Å². The Morgan fingerprint density at radius 1 is 1.31 bits per heavy atom. The van der Waals surface area contributed by atoms with E-state index in [1.807, 2.05) is 13.8 Å². The molecule has 72 valence electrons. The molecule has 2 N–H and O–H groups in total. The Bertz CT molecular complexity index is 246. The van der Waals surface area contributed by atoms with Crippen molar-refractivity contribution in [2.45, 2.75) is 13.8 Å². The van der Waals surface area contributed by atoms with Crippen LogP contribution in [0.25, 0.3) is 0 Å². The van der Waals surface area contributed by atoms with E-state index in [4.69, 9.17) is 5.11 Å². The molecule has 1 aromatic rings. The van der Waals surface area contributed by atoms with Crippen molar-refractivity contribution in [1.29, 1.82) is 0 Å². The molecule has 0 aliphatic carbocycles. The zero-order valence-electron chi connectivity index (χ0n) is 7.86. The van der Waals surface area contributed by atoms with Crippen molar-refractivity contribution in [2.75, 3.05) is 0 Å². The first kappa shape index (κ1) is 11.9. The maximum absolute atomic E-state index is 8.92. The average Bonchev–Trinajstić information content (AvgIpc) is 2.20. The molecule has 0 radical (unpaired) electrons. The van der Waals surface area contributed by atoms with E-state index in [9.17, 15) is 0 Å². The molecule has 0 saturated carbocycles. The number of benzene rings is 1. The van der Waals surface area contributed by atoms with Gasteiger partial charge in [0.1, 0.15) is 5.75 Å². The van der Waals surface area contributed by atoms with E-state index in [0.29, 0.717) is 0 Å². The fourth-order valence-corrected chi connectivity index (χ4v) is 0.747. The fourth-order valence-electron chi connectivity index (χ4n) is 0.672. The lowest BCUT2D eigenvalue weighted by molar-refractivity contribution is 0.475. The number of phenols is 1. The Balaban J connectivity index is 0.000000671. The van der Waals surface area contributed by atoms with Gasteiger partial charge < -0.3 is 5.11 Å². The number of hydrogen-bond acceptors (Lipinski definition) is 3. The van der Waals surface area contributed by atoms with Gasteiger partial charge in [-0.3, -0.25) is 5.20 Å². The van der Waals surface area contributed by atoms with Crippen LogP contribution in [0.15, 0.2) is 29.4 Å². The third-order valence-corrected chi connectivity index (χ3v) is 1.33. The second-order valence-electron chi connectivity index (χ2n) is 1.98. The van der Waals surface area contributed by atoms with Gasteiger partial charge in [0.15, 0.2) is 0 Å².